The highest BCUT2D eigenvalue weighted by Crippen LogP contribution is 2.38. The van der Waals surface area contributed by atoms with Gasteiger partial charge in [-0.3, -0.25) is 4.68 Å². The number of hydrogen-bond acceptors (Lipinski definition) is 2. The zero-order valence-corrected chi connectivity index (χ0v) is 12.8. The minimum absolute atomic E-state index is 0.592. The number of allylic oxidation sites excluding steroid dienone is 1. The molecule has 0 atom stereocenters. The number of aromatic nitrogens is 2. The van der Waals surface area contributed by atoms with E-state index < -0.39 is 0 Å². The topological polar surface area (TPSA) is 27.1 Å². The molecule has 0 saturated carbocycles. The van der Waals surface area contributed by atoms with Crippen molar-refractivity contribution in [2.45, 2.75) is 20.0 Å². The summed E-state index contributed by atoms with van der Waals surface area (Å²) in [5, 5.41) is 5.53. The monoisotopic (exact) mass is 290 g/mol. The third kappa shape index (κ3) is 1.93. The molecule has 0 amide bonds. The largest absolute Gasteiger partial charge is 0.488 e. The predicted molar refractivity (Wildman–Crippen MR) is 88.9 cm³/mol. The lowest BCUT2D eigenvalue weighted by Crippen LogP contribution is -1.97. The van der Waals surface area contributed by atoms with Gasteiger partial charge in [0.2, 0.25) is 0 Å². The quantitative estimate of drug-likeness (QED) is 0.668. The van der Waals surface area contributed by atoms with Crippen LogP contribution in [0.5, 0.6) is 5.75 Å². The molecular weight excluding hydrogens is 272 g/mol. The van der Waals surface area contributed by atoms with Crippen molar-refractivity contribution in [2.75, 3.05) is 0 Å². The van der Waals surface area contributed by atoms with Crippen molar-refractivity contribution in [2.24, 2.45) is 7.05 Å². The Bertz CT molecular complexity index is 890. The summed E-state index contributed by atoms with van der Waals surface area (Å²) < 4.78 is 7.96. The van der Waals surface area contributed by atoms with Crippen LogP contribution in [0.2, 0.25) is 0 Å². The lowest BCUT2D eigenvalue weighted by molar-refractivity contribution is 0.307. The van der Waals surface area contributed by atoms with Crippen LogP contribution < -0.4 is 4.74 Å². The van der Waals surface area contributed by atoms with E-state index in [1.165, 1.54) is 27.6 Å². The summed E-state index contributed by atoms with van der Waals surface area (Å²) in [4.78, 5) is 0. The first kappa shape index (κ1) is 13.1. The molecule has 3 aromatic rings. The van der Waals surface area contributed by atoms with E-state index in [9.17, 15) is 0 Å². The SMILES string of the molecule is CC/C=C1/c2cc3cnn(C)c3cc2COc2ccccc21. The molecule has 110 valence electrons. The number of nitrogens with zero attached hydrogens (tertiary/aromatic N) is 2. The number of hydrogen-bond donors (Lipinski definition) is 0. The minimum Gasteiger partial charge on any atom is -0.488 e. The van der Waals surface area contributed by atoms with E-state index in [-0.39, 0.29) is 0 Å². The zero-order chi connectivity index (χ0) is 15.1. The van der Waals surface area contributed by atoms with Crippen molar-refractivity contribution in [3.63, 3.8) is 0 Å². The molecule has 0 bridgehead atoms. The summed E-state index contributed by atoms with van der Waals surface area (Å²) in [6.45, 7) is 2.76. The molecule has 3 nitrogen and oxygen atoms in total. The van der Waals surface area contributed by atoms with E-state index in [1.807, 2.05) is 30.1 Å². The van der Waals surface area contributed by atoms with Gasteiger partial charge in [-0.15, -0.1) is 0 Å². The maximum absolute atomic E-state index is 6.05. The Morgan fingerprint density at radius 1 is 1.23 bits per heavy atom. The van der Waals surface area contributed by atoms with Crippen molar-refractivity contribution >= 4 is 16.5 Å². The van der Waals surface area contributed by atoms with Crippen LogP contribution in [0.15, 0.2) is 48.7 Å². The molecule has 22 heavy (non-hydrogen) atoms. The van der Waals surface area contributed by atoms with Crippen LogP contribution in [0, 0.1) is 0 Å². The minimum atomic E-state index is 0.592. The van der Waals surface area contributed by atoms with Gasteiger partial charge >= 0.3 is 0 Å². The summed E-state index contributed by atoms with van der Waals surface area (Å²) >= 11 is 0. The second kappa shape index (κ2) is 5.02. The van der Waals surface area contributed by atoms with E-state index in [0.717, 1.165) is 17.7 Å². The van der Waals surface area contributed by atoms with Gasteiger partial charge in [-0.1, -0.05) is 31.2 Å². The molecule has 1 aliphatic rings. The fraction of sp³-hybridized carbons (Fsp3) is 0.211. The van der Waals surface area contributed by atoms with Crippen molar-refractivity contribution in [1.29, 1.82) is 0 Å². The third-order valence-electron chi connectivity index (χ3n) is 4.23. The van der Waals surface area contributed by atoms with Crippen molar-refractivity contribution in [3.8, 4) is 5.75 Å². The zero-order valence-electron chi connectivity index (χ0n) is 12.8. The maximum atomic E-state index is 6.05. The van der Waals surface area contributed by atoms with Crippen molar-refractivity contribution < 1.29 is 4.74 Å². The maximum Gasteiger partial charge on any atom is 0.127 e. The van der Waals surface area contributed by atoms with E-state index in [0.29, 0.717) is 6.61 Å². The van der Waals surface area contributed by atoms with E-state index in [2.05, 4.69) is 42.4 Å². The average molecular weight is 290 g/mol. The van der Waals surface area contributed by atoms with Gasteiger partial charge in [-0.05, 0) is 41.3 Å². The first-order chi connectivity index (χ1) is 10.8. The molecular formula is C19H18N2O. The summed E-state index contributed by atoms with van der Waals surface area (Å²) in [7, 11) is 1.98. The molecule has 0 unspecified atom stereocenters. The van der Waals surface area contributed by atoms with Gasteiger partial charge in [0, 0.05) is 18.0 Å². The van der Waals surface area contributed by atoms with Gasteiger partial charge in [0.15, 0.2) is 0 Å². The molecule has 4 rings (SSSR count). The lowest BCUT2D eigenvalue weighted by Gasteiger charge is -2.10. The van der Waals surface area contributed by atoms with Crippen LogP contribution in [0.3, 0.4) is 0 Å². The summed E-state index contributed by atoms with van der Waals surface area (Å²) in [6.07, 6.45) is 5.21. The van der Waals surface area contributed by atoms with Crippen LogP contribution in [0.1, 0.15) is 30.0 Å². The number of para-hydroxylation sites is 1. The number of ether oxygens (including phenoxy) is 1. The smallest absolute Gasteiger partial charge is 0.127 e. The van der Waals surface area contributed by atoms with Crippen LogP contribution in [0.25, 0.3) is 16.5 Å². The molecule has 0 N–H and O–H groups in total. The van der Waals surface area contributed by atoms with Gasteiger partial charge in [-0.25, -0.2) is 0 Å². The molecule has 0 fully saturated rings. The molecule has 2 heterocycles. The highest BCUT2D eigenvalue weighted by Gasteiger charge is 2.19. The Morgan fingerprint density at radius 2 is 2.09 bits per heavy atom. The van der Waals surface area contributed by atoms with Gasteiger partial charge in [0.25, 0.3) is 0 Å². The van der Waals surface area contributed by atoms with Gasteiger partial charge in [0.1, 0.15) is 12.4 Å². The first-order valence-electron chi connectivity index (χ1n) is 7.65. The van der Waals surface area contributed by atoms with Crippen LogP contribution >= 0.6 is 0 Å². The molecule has 0 saturated heterocycles. The number of fused-ring (bicyclic) bond motifs is 3. The van der Waals surface area contributed by atoms with Gasteiger partial charge < -0.3 is 4.74 Å². The van der Waals surface area contributed by atoms with Crippen molar-refractivity contribution in [3.05, 3.63) is 65.4 Å². The second-order valence-electron chi connectivity index (χ2n) is 5.65. The third-order valence-corrected chi connectivity index (χ3v) is 4.23. The molecule has 0 aliphatic carbocycles. The summed E-state index contributed by atoms with van der Waals surface area (Å²) in [5.74, 6) is 0.959. The van der Waals surface area contributed by atoms with Gasteiger partial charge in [0.05, 0.1) is 11.7 Å². The molecule has 3 heteroatoms. The number of benzene rings is 2. The normalized spacial score (nSPS) is 15.3. The standard InChI is InChI=1S/C19H18N2O/c1-3-6-15-16-7-4-5-8-19(16)22-12-14-10-18-13(9-17(14)15)11-20-21(18)2/h4-11H,3,12H2,1-2H3/b15-6+. The molecule has 1 aromatic heterocycles. The fourth-order valence-corrected chi connectivity index (χ4v) is 3.15. The molecule has 0 spiro atoms. The second-order valence-corrected chi connectivity index (χ2v) is 5.65. The average Bonchev–Trinajstić information content (AvgIpc) is 2.82. The Balaban J connectivity index is 2.02. The van der Waals surface area contributed by atoms with E-state index in [4.69, 9.17) is 4.74 Å². The lowest BCUT2D eigenvalue weighted by atomic mass is 9.92. The van der Waals surface area contributed by atoms with Crippen LogP contribution in [-0.4, -0.2) is 9.78 Å². The van der Waals surface area contributed by atoms with Crippen LogP contribution in [0.4, 0.5) is 0 Å². The fourth-order valence-electron chi connectivity index (χ4n) is 3.15. The molecule has 1 aliphatic heterocycles. The molecule has 0 radical (unpaired) electrons. The Labute approximate surface area is 129 Å². The highest BCUT2D eigenvalue weighted by molar-refractivity contribution is 5.91. The Morgan fingerprint density at radius 3 is 2.95 bits per heavy atom. The van der Waals surface area contributed by atoms with Crippen molar-refractivity contribution in [1.82, 2.24) is 9.78 Å². The van der Waals surface area contributed by atoms with Gasteiger partial charge in [-0.2, -0.15) is 5.10 Å². The first-order valence-corrected chi connectivity index (χ1v) is 7.65. The number of aryl methyl sites for hydroxylation is 1. The predicted octanol–water partition coefficient (Wildman–Crippen LogP) is 4.31. The van der Waals surface area contributed by atoms with Crippen LogP contribution in [-0.2, 0) is 13.7 Å². The Kier molecular flexibility index (Phi) is 3.00. The molecule has 2 aromatic carbocycles. The Hall–Kier alpha value is -2.55. The summed E-state index contributed by atoms with van der Waals surface area (Å²) in [5.41, 5.74) is 6.05. The summed E-state index contributed by atoms with van der Waals surface area (Å²) in [6, 6.07) is 12.7. The highest BCUT2D eigenvalue weighted by atomic mass is 16.5. The van der Waals surface area contributed by atoms with E-state index >= 15 is 0 Å². The van der Waals surface area contributed by atoms with E-state index in [1.54, 1.807) is 0 Å². The number of rotatable bonds is 1.